The highest BCUT2D eigenvalue weighted by molar-refractivity contribution is 7.89. The lowest BCUT2D eigenvalue weighted by Gasteiger charge is -2.34. The standard InChI is InChI=1S/C25H33N5O2S/c1-2-3-14-30-24-12-11-22(33(26,31)32)19-23(24)27-25(30)20-29-17-15-28(16-18-29)13-7-10-21-8-5-4-6-9-21/h4-12,19H,2-3,13-18,20H2,1H3,(H2,26,31,32)/b10-7+. The predicted molar refractivity (Wildman–Crippen MR) is 133 cm³/mol. The summed E-state index contributed by atoms with van der Waals surface area (Å²) in [5, 5.41) is 5.32. The van der Waals surface area contributed by atoms with Crippen LogP contribution in [0.3, 0.4) is 0 Å². The SMILES string of the molecule is CCCCn1c(CN2CCN(C/C=C/c3ccccc3)CC2)nc2cc(S(N)(=O)=O)ccc21. The van der Waals surface area contributed by atoms with Gasteiger partial charge in [-0.1, -0.05) is 55.8 Å². The van der Waals surface area contributed by atoms with Gasteiger partial charge in [0.1, 0.15) is 5.82 Å². The highest BCUT2D eigenvalue weighted by Crippen LogP contribution is 2.22. The molecule has 2 N–H and O–H groups in total. The molecule has 1 saturated heterocycles. The highest BCUT2D eigenvalue weighted by Gasteiger charge is 2.20. The number of rotatable bonds is 9. The van der Waals surface area contributed by atoms with Crippen LogP contribution in [0.2, 0.25) is 0 Å². The van der Waals surface area contributed by atoms with Gasteiger partial charge in [-0.15, -0.1) is 0 Å². The molecule has 0 amide bonds. The van der Waals surface area contributed by atoms with Gasteiger partial charge in [-0.2, -0.15) is 0 Å². The fourth-order valence-corrected chi connectivity index (χ4v) is 4.79. The van der Waals surface area contributed by atoms with Crippen molar-refractivity contribution in [3.05, 3.63) is 66.0 Å². The van der Waals surface area contributed by atoms with E-state index in [0.717, 1.165) is 70.0 Å². The molecule has 1 aliphatic heterocycles. The molecule has 0 unspecified atom stereocenters. The summed E-state index contributed by atoms with van der Waals surface area (Å²) in [5.74, 6) is 0.988. The van der Waals surface area contributed by atoms with E-state index in [9.17, 15) is 8.42 Å². The van der Waals surface area contributed by atoms with E-state index in [4.69, 9.17) is 10.1 Å². The molecule has 3 aromatic rings. The average molecular weight is 468 g/mol. The van der Waals surface area contributed by atoms with Crippen LogP contribution in [0.4, 0.5) is 0 Å². The first-order valence-corrected chi connectivity index (χ1v) is 13.2. The van der Waals surface area contributed by atoms with Gasteiger partial charge in [-0.3, -0.25) is 9.80 Å². The minimum Gasteiger partial charge on any atom is -0.327 e. The second-order valence-corrected chi connectivity index (χ2v) is 10.2. The lowest BCUT2D eigenvalue weighted by Crippen LogP contribution is -2.46. The third kappa shape index (κ3) is 6.09. The van der Waals surface area contributed by atoms with Gasteiger partial charge in [0.15, 0.2) is 0 Å². The molecule has 0 radical (unpaired) electrons. The molecule has 2 heterocycles. The summed E-state index contributed by atoms with van der Waals surface area (Å²) in [6.45, 7) is 8.76. The molecule has 176 valence electrons. The topological polar surface area (TPSA) is 84.5 Å². The summed E-state index contributed by atoms with van der Waals surface area (Å²) in [4.78, 5) is 9.82. The van der Waals surface area contributed by atoms with Gasteiger partial charge in [0.2, 0.25) is 10.0 Å². The largest absolute Gasteiger partial charge is 0.327 e. The molecule has 0 aliphatic carbocycles. The van der Waals surface area contributed by atoms with Crippen LogP contribution in [0, 0.1) is 0 Å². The Balaban J connectivity index is 1.41. The van der Waals surface area contributed by atoms with Crippen LogP contribution >= 0.6 is 0 Å². The number of nitrogens with two attached hydrogens (primary N) is 1. The molecular formula is C25H33N5O2S. The van der Waals surface area contributed by atoms with Crippen LogP contribution in [-0.2, 0) is 23.1 Å². The van der Waals surface area contributed by atoms with Crippen molar-refractivity contribution in [1.29, 1.82) is 0 Å². The van der Waals surface area contributed by atoms with Crippen molar-refractivity contribution >= 4 is 27.1 Å². The van der Waals surface area contributed by atoms with Crippen molar-refractivity contribution in [2.24, 2.45) is 5.14 Å². The fraction of sp³-hybridized carbons (Fsp3) is 0.400. The second-order valence-electron chi connectivity index (χ2n) is 8.62. The minimum atomic E-state index is -3.74. The maximum atomic E-state index is 11.8. The van der Waals surface area contributed by atoms with E-state index in [0.29, 0.717) is 5.52 Å². The number of fused-ring (bicyclic) bond motifs is 1. The van der Waals surface area contributed by atoms with Crippen LogP contribution in [0.1, 0.15) is 31.2 Å². The number of sulfonamides is 1. The summed E-state index contributed by atoms with van der Waals surface area (Å²) in [6.07, 6.45) is 6.55. The number of unbranched alkanes of at least 4 members (excludes halogenated alkanes) is 1. The van der Waals surface area contributed by atoms with E-state index in [1.54, 1.807) is 12.1 Å². The van der Waals surface area contributed by atoms with Crippen molar-refractivity contribution in [3.8, 4) is 0 Å². The van der Waals surface area contributed by atoms with Gasteiger partial charge in [0.05, 0.1) is 22.5 Å². The molecule has 0 spiro atoms. The Kier molecular flexibility index (Phi) is 7.60. The smallest absolute Gasteiger partial charge is 0.238 e. The van der Waals surface area contributed by atoms with Crippen molar-refractivity contribution in [3.63, 3.8) is 0 Å². The molecule has 2 aromatic carbocycles. The molecule has 4 rings (SSSR count). The molecule has 1 aliphatic rings. The zero-order valence-electron chi connectivity index (χ0n) is 19.2. The van der Waals surface area contributed by atoms with Crippen LogP contribution < -0.4 is 5.14 Å². The molecular weight excluding hydrogens is 434 g/mol. The van der Waals surface area contributed by atoms with E-state index in [1.807, 2.05) is 12.1 Å². The Bertz CT molecular complexity index is 1200. The van der Waals surface area contributed by atoms with Gasteiger partial charge in [-0.05, 0) is 30.2 Å². The number of primary sulfonamides is 1. The third-order valence-electron chi connectivity index (χ3n) is 6.17. The average Bonchev–Trinajstić information content (AvgIpc) is 3.15. The van der Waals surface area contributed by atoms with Crippen LogP contribution in [0.25, 0.3) is 17.1 Å². The molecule has 33 heavy (non-hydrogen) atoms. The molecule has 0 atom stereocenters. The van der Waals surface area contributed by atoms with Crippen LogP contribution in [0.5, 0.6) is 0 Å². The second kappa shape index (κ2) is 10.6. The van der Waals surface area contributed by atoms with Gasteiger partial charge in [-0.25, -0.2) is 18.5 Å². The monoisotopic (exact) mass is 467 g/mol. The van der Waals surface area contributed by atoms with E-state index < -0.39 is 10.0 Å². The Hall–Kier alpha value is -2.52. The van der Waals surface area contributed by atoms with Crippen LogP contribution in [-0.4, -0.2) is 60.5 Å². The summed E-state index contributed by atoms with van der Waals surface area (Å²) in [7, 11) is -3.74. The Morgan fingerprint density at radius 2 is 1.76 bits per heavy atom. The zero-order chi connectivity index (χ0) is 23.3. The molecule has 0 bridgehead atoms. The quantitative estimate of drug-likeness (QED) is 0.522. The van der Waals surface area contributed by atoms with Crippen molar-refractivity contribution in [1.82, 2.24) is 19.4 Å². The maximum Gasteiger partial charge on any atom is 0.238 e. The first-order chi connectivity index (χ1) is 15.9. The summed E-state index contributed by atoms with van der Waals surface area (Å²) in [6, 6.07) is 15.4. The molecule has 7 nitrogen and oxygen atoms in total. The third-order valence-corrected chi connectivity index (χ3v) is 7.08. The van der Waals surface area contributed by atoms with Crippen molar-refractivity contribution in [2.75, 3.05) is 32.7 Å². The Morgan fingerprint density at radius 1 is 1.03 bits per heavy atom. The minimum absolute atomic E-state index is 0.110. The van der Waals surface area contributed by atoms with Gasteiger partial charge in [0, 0.05) is 39.3 Å². The molecule has 0 saturated carbocycles. The first-order valence-electron chi connectivity index (χ1n) is 11.6. The summed E-state index contributed by atoms with van der Waals surface area (Å²) >= 11 is 0. The number of imidazole rings is 1. The summed E-state index contributed by atoms with van der Waals surface area (Å²) in [5.41, 5.74) is 2.89. The molecule has 1 aromatic heterocycles. The number of nitrogens with zero attached hydrogens (tertiary/aromatic N) is 4. The lowest BCUT2D eigenvalue weighted by atomic mass is 10.2. The number of benzene rings is 2. The summed E-state index contributed by atoms with van der Waals surface area (Å²) < 4.78 is 25.8. The highest BCUT2D eigenvalue weighted by atomic mass is 32.2. The molecule has 1 fully saturated rings. The first kappa shape index (κ1) is 23.6. The van der Waals surface area contributed by atoms with E-state index in [1.165, 1.54) is 5.56 Å². The number of aromatic nitrogens is 2. The van der Waals surface area contributed by atoms with E-state index >= 15 is 0 Å². The van der Waals surface area contributed by atoms with Crippen molar-refractivity contribution in [2.45, 2.75) is 37.8 Å². The number of hydrogen-bond acceptors (Lipinski definition) is 5. The number of piperazine rings is 1. The fourth-order valence-electron chi connectivity index (χ4n) is 4.25. The van der Waals surface area contributed by atoms with Gasteiger partial charge < -0.3 is 4.57 Å². The number of aryl methyl sites for hydroxylation is 1. The Labute approximate surface area is 196 Å². The number of hydrogen-bond donors (Lipinski definition) is 1. The van der Waals surface area contributed by atoms with Crippen molar-refractivity contribution < 1.29 is 8.42 Å². The lowest BCUT2D eigenvalue weighted by molar-refractivity contribution is 0.133. The maximum absolute atomic E-state index is 11.8. The zero-order valence-corrected chi connectivity index (χ0v) is 20.0. The molecule has 8 heteroatoms. The normalized spacial score (nSPS) is 16.2. The van der Waals surface area contributed by atoms with E-state index in [2.05, 4.69) is 57.7 Å². The predicted octanol–water partition coefficient (Wildman–Crippen LogP) is 3.31. The van der Waals surface area contributed by atoms with Crippen LogP contribution in [0.15, 0.2) is 59.5 Å². The van der Waals surface area contributed by atoms with Gasteiger partial charge in [0.25, 0.3) is 0 Å². The van der Waals surface area contributed by atoms with E-state index in [-0.39, 0.29) is 4.90 Å². The Morgan fingerprint density at radius 3 is 2.45 bits per heavy atom. The van der Waals surface area contributed by atoms with Gasteiger partial charge >= 0.3 is 0 Å².